The van der Waals surface area contributed by atoms with E-state index in [0.29, 0.717) is 5.02 Å². The fraction of sp³-hybridized carbons (Fsp3) is 0.667. The first-order valence-corrected chi connectivity index (χ1v) is 9.16. The van der Waals surface area contributed by atoms with Crippen LogP contribution in [0.1, 0.15) is 32.1 Å². The predicted octanol–water partition coefficient (Wildman–Crippen LogP) is 2.69. The number of nitrogens with one attached hydrogen (secondary N) is 1. The summed E-state index contributed by atoms with van der Waals surface area (Å²) in [6, 6.07) is 7.52. The van der Waals surface area contributed by atoms with Crippen LogP contribution in [-0.4, -0.2) is 54.4 Å². The highest BCUT2D eigenvalue weighted by molar-refractivity contribution is 6.30. The SMILES string of the molecule is O[C@@H]1[C@@H](NCCN2CCCC2)CCC[C@H]1Oc1cccc(Cl)c1. The number of aliphatic hydroxyl groups excluding tert-OH is 1. The van der Waals surface area contributed by atoms with Crippen molar-refractivity contribution in [2.24, 2.45) is 0 Å². The van der Waals surface area contributed by atoms with E-state index >= 15 is 0 Å². The van der Waals surface area contributed by atoms with Gasteiger partial charge >= 0.3 is 0 Å². The van der Waals surface area contributed by atoms with Gasteiger partial charge in [-0.3, -0.25) is 0 Å². The Kier molecular flexibility index (Phi) is 6.17. The molecule has 1 aromatic rings. The second kappa shape index (κ2) is 8.34. The number of likely N-dealkylation sites (tertiary alicyclic amines) is 1. The molecule has 5 heteroatoms. The summed E-state index contributed by atoms with van der Waals surface area (Å²) in [7, 11) is 0. The molecule has 2 aliphatic rings. The highest BCUT2D eigenvalue weighted by Gasteiger charge is 2.33. The molecule has 1 heterocycles. The van der Waals surface area contributed by atoms with Gasteiger partial charge in [-0.2, -0.15) is 0 Å². The molecule has 1 saturated heterocycles. The van der Waals surface area contributed by atoms with E-state index in [9.17, 15) is 5.11 Å². The van der Waals surface area contributed by atoms with Crippen LogP contribution in [0.25, 0.3) is 0 Å². The highest BCUT2D eigenvalue weighted by atomic mass is 35.5. The Hall–Kier alpha value is -0.810. The summed E-state index contributed by atoms with van der Waals surface area (Å²) < 4.78 is 5.97. The molecule has 0 unspecified atom stereocenters. The summed E-state index contributed by atoms with van der Waals surface area (Å²) in [6.07, 6.45) is 4.98. The molecular formula is C18H27ClN2O2. The minimum atomic E-state index is -0.471. The number of ether oxygens (including phenoxy) is 1. The molecule has 0 spiro atoms. The Labute approximate surface area is 143 Å². The van der Waals surface area contributed by atoms with Crippen LogP contribution in [0, 0.1) is 0 Å². The maximum atomic E-state index is 10.6. The van der Waals surface area contributed by atoms with Crippen LogP contribution in [0.5, 0.6) is 5.75 Å². The van der Waals surface area contributed by atoms with Gasteiger partial charge in [0.2, 0.25) is 0 Å². The second-order valence-electron chi connectivity index (χ2n) is 6.64. The van der Waals surface area contributed by atoms with Crippen molar-refractivity contribution in [2.45, 2.75) is 50.4 Å². The van der Waals surface area contributed by atoms with Gasteiger partial charge in [0.05, 0.1) is 0 Å². The van der Waals surface area contributed by atoms with Crippen molar-refractivity contribution in [3.63, 3.8) is 0 Å². The van der Waals surface area contributed by atoms with Crippen molar-refractivity contribution in [2.75, 3.05) is 26.2 Å². The zero-order valence-corrected chi connectivity index (χ0v) is 14.3. The molecular weight excluding hydrogens is 312 g/mol. The lowest BCUT2D eigenvalue weighted by atomic mass is 9.90. The first-order chi connectivity index (χ1) is 11.2. The van der Waals surface area contributed by atoms with Crippen molar-refractivity contribution in [3.05, 3.63) is 29.3 Å². The molecule has 2 N–H and O–H groups in total. The Morgan fingerprint density at radius 2 is 2.04 bits per heavy atom. The topological polar surface area (TPSA) is 44.7 Å². The van der Waals surface area contributed by atoms with E-state index in [1.54, 1.807) is 6.07 Å². The third-order valence-electron chi connectivity index (χ3n) is 4.91. The van der Waals surface area contributed by atoms with E-state index in [1.807, 2.05) is 18.2 Å². The predicted molar refractivity (Wildman–Crippen MR) is 93.2 cm³/mol. The van der Waals surface area contributed by atoms with E-state index in [2.05, 4.69) is 10.2 Å². The molecule has 0 radical (unpaired) electrons. The van der Waals surface area contributed by atoms with Crippen LogP contribution < -0.4 is 10.1 Å². The highest BCUT2D eigenvalue weighted by Crippen LogP contribution is 2.26. The van der Waals surface area contributed by atoms with E-state index in [1.165, 1.54) is 25.9 Å². The minimum Gasteiger partial charge on any atom is -0.488 e. The molecule has 1 aromatic carbocycles. The Balaban J connectivity index is 1.48. The summed E-state index contributed by atoms with van der Waals surface area (Å²) in [5.41, 5.74) is 0. The summed E-state index contributed by atoms with van der Waals surface area (Å²) in [5.74, 6) is 0.735. The van der Waals surface area contributed by atoms with Crippen LogP contribution in [0.3, 0.4) is 0 Å². The average Bonchev–Trinajstić information content (AvgIpc) is 3.04. The summed E-state index contributed by atoms with van der Waals surface area (Å²) >= 11 is 6.00. The summed E-state index contributed by atoms with van der Waals surface area (Å²) in [6.45, 7) is 4.44. The standard InChI is InChI=1S/C18H27ClN2O2/c19-14-5-3-6-15(13-14)23-17-8-4-7-16(18(17)22)20-9-12-21-10-1-2-11-21/h3,5-6,13,16-18,20,22H,1-2,4,7-12H2/t16-,17+,18+/m0/s1. The lowest BCUT2D eigenvalue weighted by Gasteiger charge is -2.35. The Morgan fingerprint density at radius 1 is 1.22 bits per heavy atom. The van der Waals surface area contributed by atoms with Crippen molar-refractivity contribution < 1.29 is 9.84 Å². The van der Waals surface area contributed by atoms with Gasteiger partial charge in [-0.15, -0.1) is 0 Å². The molecule has 0 bridgehead atoms. The largest absolute Gasteiger partial charge is 0.488 e. The van der Waals surface area contributed by atoms with Crippen molar-refractivity contribution in [1.82, 2.24) is 10.2 Å². The molecule has 1 aliphatic carbocycles. The van der Waals surface area contributed by atoms with E-state index < -0.39 is 6.10 Å². The minimum absolute atomic E-state index is 0.121. The van der Waals surface area contributed by atoms with Crippen molar-refractivity contribution in [1.29, 1.82) is 0 Å². The Morgan fingerprint density at radius 3 is 2.83 bits per heavy atom. The number of hydrogen-bond donors (Lipinski definition) is 2. The van der Waals surface area contributed by atoms with Gasteiger partial charge < -0.3 is 20.1 Å². The van der Waals surface area contributed by atoms with E-state index in [4.69, 9.17) is 16.3 Å². The fourth-order valence-electron chi connectivity index (χ4n) is 3.62. The maximum Gasteiger partial charge on any atom is 0.126 e. The van der Waals surface area contributed by atoms with Gasteiger partial charge in [-0.1, -0.05) is 17.7 Å². The van der Waals surface area contributed by atoms with Crippen LogP contribution in [0.4, 0.5) is 0 Å². The van der Waals surface area contributed by atoms with Gasteiger partial charge in [0.1, 0.15) is 18.0 Å². The molecule has 0 amide bonds. The third kappa shape index (κ3) is 4.83. The molecule has 4 nitrogen and oxygen atoms in total. The fourth-order valence-corrected chi connectivity index (χ4v) is 3.80. The lowest BCUT2D eigenvalue weighted by Crippen LogP contribution is -2.52. The number of hydrogen-bond acceptors (Lipinski definition) is 4. The molecule has 128 valence electrons. The molecule has 1 aliphatic heterocycles. The summed E-state index contributed by atoms with van der Waals surface area (Å²) in [4.78, 5) is 2.49. The van der Waals surface area contributed by atoms with Crippen LogP contribution in [-0.2, 0) is 0 Å². The zero-order chi connectivity index (χ0) is 16.1. The second-order valence-corrected chi connectivity index (χ2v) is 7.08. The first-order valence-electron chi connectivity index (χ1n) is 8.78. The van der Waals surface area contributed by atoms with Crippen molar-refractivity contribution in [3.8, 4) is 5.75 Å². The molecule has 2 fully saturated rings. The van der Waals surface area contributed by atoms with E-state index in [-0.39, 0.29) is 12.1 Å². The number of benzene rings is 1. The number of rotatable bonds is 6. The van der Waals surface area contributed by atoms with Crippen molar-refractivity contribution >= 4 is 11.6 Å². The zero-order valence-electron chi connectivity index (χ0n) is 13.6. The van der Waals surface area contributed by atoms with Gasteiger partial charge in [0.25, 0.3) is 0 Å². The van der Waals surface area contributed by atoms with Gasteiger partial charge in [-0.05, 0) is 63.4 Å². The number of aliphatic hydroxyl groups is 1. The van der Waals surface area contributed by atoms with Gasteiger partial charge in [0.15, 0.2) is 0 Å². The van der Waals surface area contributed by atoms with Crippen LogP contribution in [0.15, 0.2) is 24.3 Å². The quantitative estimate of drug-likeness (QED) is 0.837. The number of halogens is 1. The molecule has 3 atom stereocenters. The monoisotopic (exact) mass is 338 g/mol. The smallest absolute Gasteiger partial charge is 0.126 e. The number of nitrogens with zero attached hydrogens (tertiary/aromatic N) is 1. The maximum absolute atomic E-state index is 10.6. The third-order valence-corrected chi connectivity index (χ3v) is 5.15. The normalized spacial score (nSPS) is 28.9. The molecule has 1 saturated carbocycles. The van der Waals surface area contributed by atoms with Gasteiger partial charge in [-0.25, -0.2) is 0 Å². The Bertz CT molecular complexity index is 494. The van der Waals surface area contributed by atoms with E-state index in [0.717, 1.165) is 38.1 Å². The van der Waals surface area contributed by atoms with Crippen LogP contribution >= 0.6 is 11.6 Å². The lowest BCUT2D eigenvalue weighted by molar-refractivity contribution is -0.0155. The molecule has 23 heavy (non-hydrogen) atoms. The first kappa shape index (κ1) is 17.0. The van der Waals surface area contributed by atoms with Gasteiger partial charge in [0, 0.05) is 24.2 Å². The molecule has 3 rings (SSSR count). The summed E-state index contributed by atoms with van der Waals surface area (Å²) in [5, 5.41) is 14.8. The van der Waals surface area contributed by atoms with Crippen LogP contribution in [0.2, 0.25) is 5.02 Å². The average molecular weight is 339 g/mol. The molecule has 0 aromatic heterocycles.